The molecule has 2 N–H and O–H groups in total. The van der Waals surface area contributed by atoms with Crippen molar-refractivity contribution >= 4 is 10.9 Å². The summed E-state index contributed by atoms with van der Waals surface area (Å²) in [5, 5.41) is 5.18. The van der Waals surface area contributed by atoms with Gasteiger partial charge in [0.1, 0.15) is 0 Å². The summed E-state index contributed by atoms with van der Waals surface area (Å²) in [7, 11) is 0. The Labute approximate surface area is 137 Å². The summed E-state index contributed by atoms with van der Waals surface area (Å²) < 4.78 is 0. The molecule has 0 spiro atoms. The number of hydrogen-bond donors (Lipinski definition) is 2. The molecule has 1 aliphatic rings. The summed E-state index contributed by atoms with van der Waals surface area (Å²) in [6, 6.07) is 16.0. The van der Waals surface area contributed by atoms with E-state index in [2.05, 4.69) is 66.6 Å². The number of aryl methyl sites for hydroxylation is 3. The van der Waals surface area contributed by atoms with Gasteiger partial charge in [0.15, 0.2) is 0 Å². The standard InChI is InChI=1S/C21H24N2/c1-14-6-9-16(10-7-14)13-22-20-5-3-4-17-18-12-15(2)8-11-19(18)23-21(17)20/h6-12,20,22-23H,3-5,13H2,1-2H3. The number of benzene rings is 2. The third-order valence-corrected chi connectivity index (χ3v) is 5.04. The van der Waals surface area contributed by atoms with Crippen molar-refractivity contribution in [2.45, 2.75) is 45.7 Å². The molecule has 23 heavy (non-hydrogen) atoms. The average Bonchev–Trinajstić information content (AvgIpc) is 2.93. The molecular weight excluding hydrogens is 280 g/mol. The highest BCUT2D eigenvalue weighted by Crippen LogP contribution is 2.35. The Morgan fingerprint density at radius 1 is 1.04 bits per heavy atom. The normalized spacial score (nSPS) is 17.4. The van der Waals surface area contributed by atoms with E-state index in [-0.39, 0.29) is 0 Å². The predicted molar refractivity (Wildman–Crippen MR) is 96.7 cm³/mol. The van der Waals surface area contributed by atoms with Crippen LogP contribution in [0.25, 0.3) is 10.9 Å². The summed E-state index contributed by atoms with van der Waals surface area (Å²) in [5.41, 5.74) is 8.23. The molecule has 0 fully saturated rings. The first kappa shape index (κ1) is 14.5. The number of hydrogen-bond acceptors (Lipinski definition) is 1. The van der Waals surface area contributed by atoms with E-state index >= 15 is 0 Å². The Morgan fingerprint density at radius 3 is 2.65 bits per heavy atom. The smallest absolute Gasteiger partial charge is 0.0478 e. The predicted octanol–water partition coefficient (Wildman–Crippen LogP) is 4.95. The van der Waals surface area contributed by atoms with Crippen molar-refractivity contribution in [3.8, 4) is 0 Å². The van der Waals surface area contributed by atoms with E-state index in [1.165, 1.54) is 58.1 Å². The summed E-state index contributed by atoms with van der Waals surface area (Å²) >= 11 is 0. The number of aromatic amines is 1. The van der Waals surface area contributed by atoms with E-state index in [0.29, 0.717) is 6.04 Å². The Kier molecular flexibility index (Phi) is 3.70. The van der Waals surface area contributed by atoms with Crippen LogP contribution in [0.1, 0.15) is 46.8 Å². The third-order valence-electron chi connectivity index (χ3n) is 5.04. The second kappa shape index (κ2) is 5.86. The highest BCUT2D eigenvalue weighted by atomic mass is 14.9. The fourth-order valence-corrected chi connectivity index (χ4v) is 3.73. The summed E-state index contributed by atoms with van der Waals surface area (Å²) in [6.07, 6.45) is 3.67. The summed E-state index contributed by atoms with van der Waals surface area (Å²) in [6.45, 7) is 5.24. The molecule has 0 saturated carbocycles. The maximum absolute atomic E-state index is 3.76. The van der Waals surface area contributed by atoms with Gasteiger partial charge in [-0.05, 0) is 56.4 Å². The van der Waals surface area contributed by atoms with Gasteiger partial charge in [-0.15, -0.1) is 0 Å². The Bertz CT molecular complexity index is 827. The fraction of sp³-hybridized carbons (Fsp3) is 0.333. The van der Waals surface area contributed by atoms with Crippen molar-refractivity contribution in [2.24, 2.45) is 0 Å². The van der Waals surface area contributed by atoms with Gasteiger partial charge in [0.25, 0.3) is 0 Å². The van der Waals surface area contributed by atoms with Gasteiger partial charge in [-0.2, -0.15) is 0 Å². The molecule has 2 nitrogen and oxygen atoms in total. The minimum absolute atomic E-state index is 0.438. The molecular formula is C21H24N2. The maximum atomic E-state index is 3.76. The van der Waals surface area contributed by atoms with E-state index in [1.807, 2.05) is 0 Å². The molecule has 1 aliphatic carbocycles. The topological polar surface area (TPSA) is 27.8 Å². The Morgan fingerprint density at radius 2 is 1.83 bits per heavy atom. The lowest BCUT2D eigenvalue weighted by Crippen LogP contribution is -2.24. The second-order valence-corrected chi connectivity index (χ2v) is 6.88. The Hall–Kier alpha value is -2.06. The van der Waals surface area contributed by atoms with Crippen molar-refractivity contribution in [2.75, 3.05) is 0 Å². The van der Waals surface area contributed by atoms with E-state index in [4.69, 9.17) is 0 Å². The first-order valence-electron chi connectivity index (χ1n) is 8.61. The first-order chi connectivity index (χ1) is 11.2. The summed E-state index contributed by atoms with van der Waals surface area (Å²) in [4.78, 5) is 3.68. The van der Waals surface area contributed by atoms with Gasteiger partial charge in [0.05, 0.1) is 0 Å². The zero-order chi connectivity index (χ0) is 15.8. The monoisotopic (exact) mass is 304 g/mol. The van der Waals surface area contributed by atoms with Crippen molar-refractivity contribution in [1.82, 2.24) is 10.3 Å². The highest BCUT2D eigenvalue weighted by Gasteiger charge is 2.23. The molecule has 0 bridgehead atoms. The van der Waals surface area contributed by atoms with Gasteiger partial charge < -0.3 is 10.3 Å². The number of aromatic nitrogens is 1. The lowest BCUT2D eigenvalue weighted by atomic mass is 9.91. The summed E-state index contributed by atoms with van der Waals surface area (Å²) in [5.74, 6) is 0. The van der Waals surface area contributed by atoms with Gasteiger partial charge in [-0.25, -0.2) is 0 Å². The Balaban J connectivity index is 1.60. The molecule has 1 aromatic heterocycles. The van der Waals surface area contributed by atoms with Crippen LogP contribution in [0.4, 0.5) is 0 Å². The van der Waals surface area contributed by atoms with Crippen molar-refractivity contribution in [1.29, 1.82) is 0 Å². The minimum atomic E-state index is 0.438. The van der Waals surface area contributed by atoms with Crippen LogP contribution in [-0.4, -0.2) is 4.98 Å². The van der Waals surface area contributed by atoms with Gasteiger partial charge >= 0.3 is 0 Å². The molecule has 0 aliphatic heterocycles. The molecule has 118 valence electrons. The molecule has 0 saturated heterocycles. The van der Waals surface area contributed by atoms with E-state index in [1.54, 1.807) is 0 Å². The van der Waals surface area contributed by atoms with Crippen LogP contribution in [0, 0.1) is 13.8 Å². The quantitative estimate of drug-likeness (QED) is 0.704. The number of rotatable bonds is 3. The minimum Gasteiger partial charge on any atom is -0.357 e. The van der Waals surface area contributed by atoms with E-state index in [9.17, 15) is 0 Å². The average molecular weight is 304 g/mol. The second-order valence-electron chi connectivity index (χ2n) is 6.88. The molecule has 0 radical (unpaired) electrons. The zero-order valence-electron chi connectivity index (χ0n) is 13.9. The van der Waals surface area contributed by atoms with Crippen LogP contribution < -0.4 is 5.32 Å². The van der Waals surface area contributed by atoms with Crippen LogP contribution in [0.2, 0.25) is 0 Å². The van der Waals surface area contributed by atoms with Gasteiger partial charge in [-0.1, -0.05) is 41.5 Å². The number of fused-ring (bicyclic) bond motifs is 3. The highest BCUT2D eigenvalue weighted by molar-refractivity contribution is 5.85. The van der Waals surface area contributed by atoms with Gasteiger partial charge in [0.2, 0.25) is 0 Å². The van der Waals surface area contributed by atoms with E-state index < -0.39 is 0 Å². The van der Waals surface area contributed by atoms with Crippen LogP contribution in [0.5, 0.6) is 0 Å². The zero-order valence-corrected chi connectivity index (χ0v) is 13.9. The largest absolute Gasteiger partial charge is 0.357 e. The first-order valence-corrected chi connectivity index (χ1v) is 8.61. The molecule has 4 rings (SSSR count). The fourth-order valence-electron chi connectivity index (χ4n) is 3.73. The lowest BCUT2D eigenvalue weighted by molar-refractivity contribution is 0.452. The molecule has 1 atom stereocenters. The lowest BCUT2D eigenvalue weighted by Gasteiger charge is -2.24. The van der Waals surface area contributed by atoms with Crippen LogP contribution >= 0.6 is 0 Å². The van der Waals surface area contributed by atoms with Crippen LogP contribution in [0.3, 0.4) is 0 Å². The van der Waals surface area contributed by atoms with Crippen LogP contribution in [0.15, 0.2) is 42.5 Å². The van der Waals surface area contributed by atoms with Gasteiger partial charge in [0, 0.05) is 29.2 Å². The van der Waals surface area contributed by atoms with E-state index in [0.717, 1.165) is 6.54 Å². The molecule has 3 aromatic rings. The molecule has 2 aromatic carbocycles. The third kappa shape index (κ3) is 2.79. The number of nitrogens with one attached hydrogen (secondary N) is 2. The number of H-pyrrole nitrogens is 1. The molecule has 1 heterocycles. The molecule has 0 amide bonds. The molecule has 2 heteroatoms. The van der Waals surface area contributed by atoms with Crippen molar-refractivity contribution in [3.63, 3.8) is 0 Å². The molecule has 1 unspecified atom stereocenters. The SMILES string of the molecule is Cc1ccc(CNC2CCCc3c2[nH]c2ccc(C)cc32)cc1. The van der Waals surface area contributed by atoms with Crippen molar-refractivity contribution < 1.29 is 0 Å². The van der Waals surface area contributed by atoms with Crippen molar-refractivity contribution in [3.05, 3.63) is 70.4 Å². The van der Waals surface area contributed by atoms with Gasteiger partial charge in [-0.3, -0.25) is 0 Å². The maximum Gasteiger partial charge on any atom is 0.0478 e. The van der Waals surface area contributed by atoms with Crippen LogP contribution in [-0.2, 0) is 13.0 Å².